The van der Waals surface area contributed by atoms with Crippen LogP contribution in [-0.2, 0) is 16.6 Å². The number of carbonyl (C=O) groups excluding carboxylic acids is 1. The molecule has 0 aliphatic carbocycles. The Labute approximate surface area is 144 Å². The van der Waals surface area contributed by atoms with Crippen LogP contribution in [0.3, 0.4) is 0 Å². The second-order valence-electron chi connectivity index (χ2n) is 5.49. The molecule has 0 aliphatic heterocycles. The molecule has 7 heteroatoms. The molecule has 2 aromatic rings. The molecule has 130 valence electrons. The minimum atomic E-state index is -1.24. The van der Waals surface area contributed by atoms with Gasteiger partial charge in [-0.3, -0.25) is 9.00 Å². The molecule has 0 bridgehead atoms. The molecular formula is C17H22N2O4S. The Morgan fingerprint density at radius 2 is 1.92 bits per heavy atom. The second-order valence-corrected chi connectivity index (χ2v) is 6.94. The van der Waals surface area contributed by atoms with Gasteiger partial charge in [-0.2, -0.15) is 0 Å². The van der Waals surface area contributed by atoms with Crippen molar-refractivity contribution in [3.63, 3.8) is 0 Å². The third-order valence-electron chi connectivity index (χ3n) is 3.33. The summed E-state index contributed by atoms with van der Waals surface area (Å²) in [6, 6.07) is 10.3. The van der Waals surface area contributed by atoms with Crippen LogP contribution in [0.1, 0.15) is 16.3 Å². The van der Waals surface area contributed by atoms with Crippen LogP contribution in [0.15, 0.2) is 45.7 Å². The largest absolute Gasteiger partial charge is 0.497 e. The van der Waals surface area contributed by atoms with Gasteiger partial charge in [-0.25, -0.2) is 0 Å². The first-order valence-electron chi connectivity index (χ1n) is 7.53. The first-order chi connectivity index (χ1) is 11.5. The van der Waals surface area contributed by atoms with Gasteiger partial charge in [-0.05, 0) is 50.5 Å². The van der Waals surface area contributed by atoms with Crippen molar-refractivity contribution in [1.29, 1.82) is 0 Å². The molecule has 6 nitrogen and oxygen atoms in total. The van der Waals surface area contributed by atoms with E-state index < -0.39 is 10.8 Å². The van der Waals surface area contributed by atoms with Gasteiger partial charge >= 0.3 is 0 Å². The first-order valence-corrected chi connectivity index (χ1v) is 8.85. The van der Waals surface area contributed by atoms with Gasteiger partial charge in [0, 0.05) is 18.0 Å². The normalized spacial score (nSPS) is 12.2. The van der Waals surface area contributed by atoms with E-state index in [1.165, 1.54) is 0 Å². The SMILES string of the molecule is COc1ccc(S(=O)Cc2ccc(C(=O)NCCN(C)C)o2)cc1. The van der Waals surface area contributed by atoms with Gasteiger partial charge in [0.25, 0.3) is 5.91 Å². The summed E-state index contributed by atoms with van der Waals surface area (Å²) < 4.78 is 22.9. The third kappa shape index (κ3) is 5.21. The summed E-state index contributed by atoms with van der Waals surface area (Å²) in [7, 11) is 4.21. The van der Waals surface area contributed by atoms with Crippen LogP contribution in [0, 0.1) is 0 Å². The summed E-state index contributed by atoms with van der Waals surface area (Å²) >= 11 is 0. The van der Waals surface area contributed by atoms with E-state index in [-0.39, 0.29) is 17.4 Å². The number of likely N-dealkylation sites (N-methyl/N-ethyl adjacent to an activating group) is 1. The molecule has 1 amide bonds. The highest BCUT2D eigenvalue weighted by Crippen LogP contribution is 2.18. The number of ether oxygens (including phenoxy) is 1. The molecule has 1 heterocycles. The molecule has 0 radical (unpaired) electrons. The molecule has 2 rings (SSSR count). The molecule has 1 atom stereocenters. The number of hydrogen-bond acceptors (Lipinski definition) is 5. The van der Waals surface area contributed by atoms with Crippen LogP contribution in [0.2, 0.25) is 0 Å². The summed E-state index contributed by atoms with van der Waals surface area (Å²) in [4.78, 5) is 14.6. The number of rotatable bonds is 8. The molecule has 1 aromatic heterocycles. The van der Waals surface area contributed by atoms with Gasteiger partial charge in [-0.15, -0.1) is 0 Å². The number of carbonyl (C=O) groups is 1. The maximum Gasteiger partial charge on any atom is 0.287 e. The Morgan fingerprint density at radius 1 is 1.21 bits per heavy atom. The highest BCUT2D eigenvalue weighted by Gasteiger charge is 2.13. The van der Waals surface area contributed by atoms with Crippen molar-refractivity contribution in [3.05, 3.63) is 47.9 Å². The van der Waals surface area contributed by atoms with Crippen LogP contribution in [0.25, 0.3) is 0 Å². The Hall–Kier alpha value is -2.12. The van der Waals surface area contributed by atoms with Crippen molar-refractivity contribution < 1.29 is 18.2 Å². The Balaban J connectivity index is 1.92. The van der Waals surface area contributed by atoms with E-state index in [2.05, 4.69) is 5.32 Å². The summed E-state index contributed by atoms with van der Waals surface area (Å²) in [6.45, 7) is 1.29. The molecule has 0 spiro atoms. The van der Waals surface area contributed by atoms with Crippen molar-refractivity contribution >= 4 is 16.7 Å². The van der Waals surface area contributed by atoms with E-state index in [1.807, 2.05) is 19.0 Å². The van der Waals surface area contributed by atoms with E-state index in [4.69, 9.17) is 9.15 Å². The van der Waals surface area contributed by atoms with Gasteiger partial charge < -0.3 is 19.4 Å². The smallest absolute Gasteiger partial charge is 0.287 e. The lowest BCUT2D eigenvalue weighted by atomic mass is 10.3. The molecule has 0 saturated heterocycles. The number of benzene rings is 1. The Bertz CT molecular complexity index is 695. The van der Waals surface area contributed by atoms with Crippen molar-refractivity contribution in [3.8, 4) is 5.75 Å². The molecule has 0 fully saturated rings. The fraction of sp³-hybridized carbons (Fsp3) is 0.353. The zero-order valence-corrected chi connectivity index (χ0v) is 14.9. The van der Waals surface area contributed by atoms with Crippen LogP contribution < -0.4 is 10.1 Å². The predicted molar refractivity (Wildman–Crippen MR) is 92.7 cm³/mol. The molecular weight excluding hydrogens is 328 g/mol. The molecule has 1 N–H and O–H groups in total. The highest BCUT2D eigenvalue weighted by molar-refractivity contribution is 7.84. The Morgan fingerprint density at radius 3 is 2.54 bits per heavy atom. The van der Waals surface area contributed by atoms with Gasteiger partial charge in [-0.1, -0.05) is 0 Å². The Kier molecular flexibility index (Phi) is 6.57. The fourth-order valence-corrected chi connectivity index (χ4v) is 3.02. The predicted octanol–water partition coefficient (Wildman–Crippen LogP) is 1.89. The van der Waals surface area contributed by atoms with Crippen molar-refractivity contribution in [1.82, 2.24) is 10.2 Å². The topological polar surface area (TPSA) is 71.8 Å². The van der Waals surface area contributed by atoms with Gasteiger partial charge in [0.1, 0.15) is 11.5 Å². The minimum absolute atomic E-state index is 0.220. The number of methoxy groups -OCH3 is 1. The lowest BCUT2D eigenvalue weighted by Gasteiger charge is -2.09. The van der Waals surface area contributed by atoms with Crippen LogP contribution >= 0.6 is 0 Å². The van der Waals surface area contributed by atoms with Crippen LogP contribution in [-0.4, -0.2) is 49.3 Å². The fourth-order valence-electron chi connectivity index (χ4n) is 2.00. The average molecular weight is 350 g/mol. The number of hydrogen-bond donors (Lipinski definition) is 1. The number of amides is 1. The summed E-state index contributed by atoms with van der Waals surface area (Å²) in [5, 5.41) is 2.78. The van der Waals surface area contributed by atoms with Crippen molar-refractivity contribution in [2.45, 2.75) is 10.6 Å². The number of nitrogens with one attached hydrogen (secondary N) is 1. The van der Waals surface area contributed by atoms with Gasteiger partial charge in [0.05, 0.1) is 23.7 Å². The minimum Gasteiger partial charge on any atom is -0.497 e. The molecule has 1 aromatic carbocycles. The molecule has 24 heavy (non-hydrogen) atoms. The standard InChI is InChI=1S/C17H22N2O4S/c1-19(2)11-10-18-17(20)16-9-6-14(23-16)12-24(21)15-7-4-13(22-3)5-8-15/h4-9H,10-12H2,1-3H3,(H,18,20). The van der Waals surface area contributed by atoms with E-state index in [0.29, 0.717) is 22.9 Å². The van der Waals surface area contributed by atoms with E-state index in [1.54, 1.807) is 43.5 Å². The maximum atomic E-state index is 12.3. The molecule has 0 saturated carbocycles. The van der Waals surface area contributed by atoms with Gasteiger partial charge in [0.15, 0.2) is 5.76 Å². The van der Waals surface area contributed by atoms with E-state index in [9.17, 15) is 9.00 Å². The summed E-state index contributed by atoms with van der Waals surface area (Å²) in [5.41, 5.74) is 0. The third-order valence-corrected chi connectivity index (χ3v) is 4.67. The molecule has 1 unspecified atom stereocenters. The average Bonchev–Trinajstić information content (AvgIpc) is 3.03. The number of furan rings is 1. The van der Waals surface area contributed by atoms with E-state index >= 15 is 0 Å². The zero-order chi connectivity index (χ0) is 17.5. The monoisotopic (exact) mass is 350 g/mol. The first kappa shape index (κ1) is 18.2. The van der Waals surface area contributed by atoms with Crippen molar-refractivity contribution in [2.75, 3.05) is 34.3 Å². The zero-order valence-electron chi connectivity index (χ0n) is 14.1. The van der Waals surface area contributed by atoms with Crippen LogP contribution in [0.5, 0.6) is 5.75 Å². The second kappa shape index (κ2) is 8.65. The number of nitrogens with zero attached hydrogens (tertiary/aromatic N) is 1. The highest BCUT2D eigenvalue weighted by atomic mass is 32.2. The molecule has 0 aliphatic rings. The quantitative estimate of drug-likeness (QED) is 0.787. The lowest BCUT2D eigenvalue weighted by molar-refractivity contribution is 0.0922. The summed E-state index contributed by atoms with van der Waals surface area (Å²) in [5.74, 6) is 1.42. The van der Waals surface area contributed by atoms with E-state index in [0.717, 1.165) is 6.54 Å². The lowest BCUT2D eigenvalue weighted by Crippen LogP contribution is -2.31. The van der Waals surface area contributed by atoms with Crippen molar-refractivity contribution in [2.24, 2.45) is 0 Å². The maximum absolute atomic E-state index is 12.3. The van der Waals surface area contributed by atoms with Gasteiger partial charge in [0.2, 0.25) is 0 Å². The van der Waals surface area contributed by atoms with Crippen LogP contribution in [0.4, 0.5) is 0 Å². The summed E-state index contributed by atoms with van der Waals surface area (Å²) in [6.07, 6.45) is 0.